The molecule has 6 nitrogen and oxygen atoms in total. The number of methoxy groups -OCH3 is 1. The first-order chi connectivity index (χ1) is 8.16. The largest absolute Gasteiger partial charge is 0.469 e. The minimum atomic E-state index is -1.04. The summed E-state index contributed by atoms with van der Waals surface area (Å²) in [5, 5.41) is 12.5. The van der Waals surface area contributed by atoms with Gasteiger partial charge < -0.3 is 19.9 Å². The normalized spacial score (nSPS) is 24.1. The Kier molecular flexibility index (Phi) is 4.50. The zero-order valence-corrected chi connectivity index (χ0v) is 11.9. The third-order valence-electron chi connectivity index (χ3n) is 2.33. The van der Waals surface area contributed by atoms with E-state index in [2.05, 4.69) is 10.1 Å². The van der Waals surface area contributed by atoms with Gasteiger partial charge in [-0.15, -0.1) is 0 Å². The molecule has 0 aromatic rings. The molecule has 1 heterocycles. The molecule has 1 rings (SSSR count). The Balaban J connectivity index is 2.57. The van der Waals surface area contributed by atoms with E-state index in [1.807, 2.05) is 0 Å². The number of thiol groups is 1. The SMILES string of the molecule is COC(=O)C[C@H](NC(=O)OC(C)(C)C)[C@]1(O)C[SH+]1. The number of rotatable bonds is 4. The predicted octanol–water partition coefficient (Wildman–Crippen LogP) is -0.0401. The molecule has 1 amide bonds. The molecule has 104 valence electrons. The number of hydrogen-bond donors (Lipinski definition) is 2. The van der Waals surface area contributed by atoms with E-state index >= 15 is 0 Å². The topological polar surface area (TPSA) is 84.9 Å². The van der Waals surface area contributed by atoms with Gasteiger partial charge in [-0.1, -0.05) is 0 Å². The van der Waals surface area contributed by atoms with Crippen molar-refractivity contribution in [2.24, 2.45) is 0 Å². The van der Waals surface area contributed by atoms with E-state index in [0.717, 1.165) is 11.8 Å². The molecule has 1 aliphatic rings. The highest BCUT2D eigenvalue weighted by Crippen LogP contribution is 2.30. The number of alkyl carbamates (subject to hydrolysis) is 1. The Morgan fingerprint density at radius 3 is 2.44 bits per heavy atom. The molecule has 2 atom stereocenters. The van der Waals surface area contributed by atoms with Crippen LogP contribution < -0.4 is 5.32 Å². The van der Waals surface area contributed by atoms with Crippen LogP contribution in [0.1, 0.15) is 27.2 Å². The monoisotopic (exact) mass is 278 g/mol. The number of ether oxygens (including phenoxy) is 2. The highest BCUT2D eigenvalue weighted by Gasteiger charge is 2.61. The molecule has 0 spiro atoms. The van der Waals surface area contributed by atoms with Crippen LogP contribution in [0.15, 0.2) is 0 Å². The second kappa shape index (κ2) is 5.36. The summed E-state index contributed by atoms with van der Waals surface area (Å²) in [6, 6.07) is -0.679. The second-order valence-corrected chi connectivity index (χ2v) is 6.58. The van der Waals surface area contributed by atoms with E-state index in [0.29, 0.717) is 5.75 Å². The molecule has 2 N–H and O–H groups in total. The summed E-state index contributed by atoms with van der Waals surface area (Å²) in [5.74, 6) is 0.0522. The van der Waals surface area contributed by atoms with Gasteiger partial charge in [0.05, 0.1) is 13.5 Å². The van der Waals surface area contributed by atoms with Crippen LogP contribution in [-0.2, 0) is 26.0 Å². The van der Waals surface area contributed by atoms with E-state index in [1.54, 1.807) is 20.8 Å². The molecule has 18 heavy (non-hydrogen) atoms. The van der Waals surface area contributed by atoms with Gasteiger partial charge in [0.1, 0.15) is 11.6 Å². The predicted molar refractivity (Wildman–Crippen MR) is 68.4 cm³/mol. The van der Waals surface area contributed by atoms with Crippen LogP contribution >= 0.6 is 0 Å². The number of esters is 1. The number of hydrogen-bond acceptors (Lipinski definition) is 5. The van der Waals surface area contributed by atoms with Crippen molar-refractivity contribution in [3.63, 3.8) is 0 Å². The van der Waals surface area contributed by atoms with Crippen LogP contribution in [0.2, 0.25) is 0 Å². The van der Waals surface area contributed by atoms with Gasteiger partial charge in [-0.25, -0.2) is 4.79 Å². The zero-order valence-electron chi connectivity index (χ0n) is 11.0. The second-order valence-electron chi connectivity index (χ2n) is 5.17. The van der Waals surface area contributed by atoms with Gasteiger partial charge in [0, 0.05) is 11.8 Å². The molecule has 1 saturated heterocycles. The first-order valence-corrected chi connectivity index (χ1v) is 6.71. The molecule has 0 aromatic carbocycles. The lowest BCUT2D eigenvalue weighted by Crippen LogP contribution is -2.48. The standard InChI is InChI=1S/C11H19NO5S/c1-10(2,3)17-9(14)12-7(5-8(13)16-4)11(15)6-18-11/h7,15H,5-6H2,1-4H3,(H,12,14)/p+1/t7-,11-/m0/s1. The maximum atomic E-state index is 11.6. The van der Waals surface area contributed by atoms with Gasteiger partial charge in [-0.2, -0.15) is 0 Å². The maximum Gasteiger partial charge on any atom is 0.408 e. The lowest BCUT2D eigenvalue weighted by Gasteiger charge is -2.23. The van der Waals surface area contributed by atoms with Gasteiger partial charge in [0.2, 0.25) is 0 Å². The van der Waals surface area contributed by atoms with E-state index < -0.39 is 28.6 Å². The molecule has 0 radical (unpaired) electrons. The summed E-state index contributed by atoms with van der Waals surface area (Å²) in [5.41, 5.74) is -0.621. The van der Waals surface area contributed by atoms with Crippen LogP contribution in [0.4, 0.5) is 4.79 Å². The van der Waals surface area contributed by atoms with Crippen LogP contribution in [0.3, 0.4) is 0 Å². The first-order valence-electron chi connectivity index (χ1n) is 5.64. The van der Waals surface area contributed by atoms with E-state index in [4.69, 9.17) is 4.74 Å². The average molecular weight is 278 g/mol. The number of nitrogens with one attached hydrogen (secondary N) is 1. The van der Waals surface area contributed by atoms with Gasteiger partial charge >= 0.3 is 12.1 Å². The fourth-order valence-corrected chi connectivity index (χ4v) is 2.09. The van der Waals surface area contributed by atoms with Crippen molar-refractivity contribution >= 4 is 23.8 Å². The smallest absolute Gasteiger partial charge is 0.408 e. The van der Waals surface area contributed by atoms with Crippen molar-refractivity contribution < 1.29 is 24.2 Å². The van der Waals surface area contributed by atoms with Crippen LogP contribution in [0, 0.1) is 0 Å². The van der Waals surface area contributed by atoms with Crippen molar-refractivity contribution in [2.75, 3.05) is 12.9 Å². The summed E-state index contributed by atoms with van der Waals surface area (Å²) in [6.45, 7) is 5.23. The van der Waals surface area contributed by atoms with E-state index in [1.165, 1.54) is 7.11 Å². The summed E-state index contributed by atoms with van der Waals surface area (Å²) in [7, 11) is 1.27. The Labute approximate surface area is 110 Å². The molecule has 7 heteroatoms. The molecule has 0 aromatic heterocycles. The lowest BCUT2D eigenvalue weighted by atomic mass is 10.1. The molecule has 0 unspecified atom stereocenters. The minimum Gasteiger partial charge on any atom is -0.469 e. The van der Waals surface area contributed by atoms with Crippen molar-refractivity contribution in [1.82, 2.24) is 5.32 Å². The van der Waals surface area contributed by atoms with Gasteiger partial charge in [0.25, 0.3) is 4.93 Å². The molecule has 1 aliphatic heterocycles. The summed E-state index contributed by atoms with van der Waals surface area (Å²) >= 11 is 0.796. The third-order valence-corrected chi connectivity index (χ3v) is 3.61. The number of carbonyl (C=O) groups is 2. The van der Waals surface area contributed by atoms with Crippen LogP contribution in [0.5, 0.6) is 0 Å². The molecular weight excluding hydrogens is 258 g/mol. The summed E-state index contributed by atoms with van der Waals surface area (Å²) in [4.78, 5) is 21.8. The first kappa shape index (κ1) is 15.1. The fourth-order valence-electron chi connectivity index (χ4n) is 1.33. The Bertz CT molecular complexity index is 335. The fraction of sp³-hybridized carbons (Fsp3) is 0.818. The van der Waals surface area contributed by atoms with E-state index in [9.17, 15) is 14.7 Å². The Morgan fingerprint density at radius 1 is 1.50 bits per heavy atom. The lowest BCUT2D eigenvalue weighted by molar-refractivity contribution is -0.141. The highest BCUT2D eigenvalue weighted by atomic mass is 32.2. The maximum absolute atomic E-state index is 11.6. The number of carbonyl (C=O) groups excluding carboxylic acids is 2. The molecule has 0 saturated carbocycles. The van der Waals surface area contributed by atoms with E-state index in [-0.39, 0.29) is 6.42 Å². The van der Waals surface area contributed by atoms with Crippen molar-refractivity contribution in [2.45, 2.75) is 43.8 Å². The van der Waals surface area contributed by atoms with Crippen molar-refractivity contribution in [3.05, 3.63) is 0 Å². The number of aliphatic hydroxyl groups is 1. The van der Waals surface area contributed by atoms with Crippen molar-refractivity contribution in [3.8, 4) is 0 Å². The summed E-state index contributed by atoms with van der Waals surface area (Å²) < 4.78 is 9.63. The zero-order chi connectivity index (χ0) is 14.0. The Morgan fingerprint density at radius 2 is 2.06 bits per heavy atom. The third kappa shape index (κ3) is 4.73. The van der Waals surface area contributed by atoms with Crippen LogP contribution in [0.25, 0.3) is 0 Å². The Hall–Kier alpha value is -0.950. The van der Waals surface area contributed by atoms with Gasteiger partial charge in [-0.3, -0.25) is 4.79 Å². The molecule has 0 aliphatic carbocycles. The van der Waals surface area contributed by atoms with Gasteiger partial charge in [0.15, 0.2) is 5.75 Å². The number of amides is 1. The molecular formula is C11H20NO5S+. The van der Waals surface area contributed by atoms with Gasteiger partial charge in [-0.05, 0) is 20.8 Å². The van der Waals surface area contributed by atoms with Crippen LogP contribution in [-0.4, -0.2) is 46.6 Å². The average Bonchev–Trinajstić information content (AvgIpc) is 2.93. The summed E-state index contributed by atoms with van der Waals surface area (Å²) in [6.07, 6.45) is -0.717. The van der Waals surface area contributed by atoms with Crippen molar-refractivity contribution in [1.29, 1.82) is 0 Å². The molecule has 1 fully saturated rings. The highest BCUT2D eigenvalue weighted by molar-refractivity contribution is 7.87. The quantitative estimate of drug-likeness (QED) is 0.326. The molecule has 0 bridgehead atoms. The minimum absolute atomic E-state index is 0.0702.